The molecule has 0 bridgehead atoms. The fourth-order valence-corrected chi connectivity index (χ4v) is 2.25. The summed E-state index contributed by atoms with van der Waals surface area (Å²) in [7, 11) is 0. The molecule has 0 aliphatic heterocycles. The van der Waals surface area contributed by atoms with Crippen LogP contribution in [0, 0.1) is 11.6 Å². The third kappa shape index (κ3) is 5.42. The molecule has 7 heteroatoms. The number of ether oxygens (including phenoxy) is 1. The van der Waals surface area contributed by atoms with E-state index in [2.05, 4.69) is 21.2 Å². The molecule has 0 saturated carbocycles. The maximum Gasteiger partial charge on any atom is 0.341 e. The molecule has 2 rings (SSSR count). The van der Waals surface area contributed by atoms with E-state index in [9.17, 15) is 18.4 Å². The van der Waals surface area contributed by atoms with E-state index >= 15 is 0 Å². The third-order valence-electron chi connectivity index (χ3n) is 3.13. The minimum absolute atomic E-state index is 0.239. The standard InChI is InChI=1S/C17H14BrF2NO3/c18-12-3-6-14(15(20)9-12)17(23)24-10-16(22)21-8-7-11-1-4-13(19)5-2-11/h1-6,9H,7-8,10H2,(H,21,22). The Labute approximate surface area is 145 Å². The first-order valence-electron chi connectivity index (χ1n) is 7.09. The predicted octanol–water partition coefficient (Wildman–Crippen LogP) is 3.24. The summed E-state index contributed by atoms with van der Waals surface area (Å²) in [6.07, 6.45) is 0.515. The molecule has 0 atom stereocenters. The summed E-state index contributed by atoms with van der Waals surface area (Å²) in [5.41, 5.74) is 0.628. The largest absolute Gasteiger partial charge is 0.452 e. The van der Waals surface area contributed by atoms with Crippen molar-refractivity contribution in [3.05, 3.63) is 69.7 Å². The normalized spacial score (nSPS) is 10.3. The number of rotatable bonds is 6. The molecule has 0 saturated heterocycles. The molecular weight excluding hydrogens is 384 g/mol. The zero-order valence-corrected chi connectivity index (χ0v) is 14.1. The number of carbonyl (C=O) groups excluding carboxylic acids is 2. The Morgan fingerprint density at radius 2 is 1.79 bits per heavy atom. The lowest BCUT2D eigenvalue weighted by Gasteiger charge is -2.07. The molecule has 1 amide bonds. The van der Waals surface area contributed by atoms with Crippen LogP contribution in [0.5, 0.6) is 0 Å². The van der Waals surface area contributed by atoms with Gasteiger partial charge in [-0.3, -0.25) is 4.79 Å². The minimum Gasteiger partial charge on any atom is -0.452 e. The van der Waals surface area contributed by atoms with Crippen LogP contribution in [0.1, 0.15) is 15.9 Å². The van der Waals surface area contributed by atoms with Gasteiger partial charge in [-0.25, -0.2) is 13.6 Å². The van der Waals surface area contributed by atoms with Gasteiger partial charge in [-0.2, -0.15) is 0 Å². The summed E-state index contributed by atoms with van der Waals surface area (Å²) in [6, 6.07) is 9.84. The molecular formula is C17H14BrF2NO3. The average molecular weight is 398 g/mol. The van der Waals surface area contributed by atoms with Crippen LogP contribution in [0.15, 0.2) is 46.9 Å². The van der Waals surface area contributed by atoms with Gasteiger partial charge in [0.25, 0.3) is 5.91 Å². The Bertz CT molecular complexity index is 735. The summed E-state index contributed by atoms with van der Waals surface area (Å²) in [6.45, 7) is -0.188. The first-order chi connectivity index (χ1) is 11.5. The molecule has 126 valence electrons. The number of halogens is 3. The zero-order chi connectivity index (χ0) is 17.5. The highest BCUT2D eigenvalue weighted by molar-refractivity contribution is 9.10. The van der Waals surface area contributed by atoms with Crippen LogP contribution in [0.3, 0.4) is 0 Å². The number of esters is 1. The van der Waals surface area contributed by atoms with E-state index in [1.165, 1.54) is 24.3 Å². The second kappa shape index (κ2) is 8.54. The van der Waals surface area contributed by atoms with E-state index in [-0.39, 0.29) is 11.4 Å². The van der Waals surface area contributed by atoms with Crippen molar-refractivity contribution < 1.29 is 23.1 Å². The molecule has 0 unspecified atom stereocenters. The molecule has 0 spiro atoms. The predicted molar refractivity (Wildman–Crippen MR) is 87.5 cm³/mol. The SMILES string of the molecule is O=C(COC(=O)c1ccc(Br)cc1F)NCCc1ccc(F)cc1. The fraction of sp³-hybridized carbons (Fsp3) is 0.176. The Hall–Kier alpha value is -2.28. The van der Waals surface area contributed by atoms with Crippen molar-refractivity contribution in [2.45, 2.75) is 6.42 Å². The van der Waals surface area contributed by atoms with Gasteiger partial charge in [0.15, 0.2) is 6.61 Å². The number of hydrogen-bond donors (Lipinski definition) is 1. The molecule has 2 aromatic rings. The molecule has 1 N–H and O–H groups in total. The van der Waals surface area contributed by atoms with E-state index in [1.54, 1.807) is 12.1 Å². The van der Waals surface area contributed by atoms with Crippen molar-refractivity contribution in [1.82, 2.24) is 5.32 Å². The van der Waals surface area contributed by atoms with Gasteiger partial charge in [-0.1, -0.05) is 28.1 Å². The lowest BCUT2D eigenvalue weighted by molar-refractivity contribution is -0.124. The zero-order valence-electron chi connectivity index (χ0n) is 12.5. The topological polar surface area (TPSA) is 55.4 Å². The molecule has 0 aliphatic rings. The number of nitrogens with one attached hydrogen (secondary N) is 1. The lowest BCUT2D eigenvalue weighted by atomic mass is 10.1. The molecule has 4 nitrogen and oxygen atoms in total. The van der Waals surface area contributed by atoms with Crippen molar-refractivity contribution in [3.8, 4) is 0 Å². The highest BCUT2D eigenvalue weighted by Crippen LogP contribution is 2.16. The van der Waals surface area contributed by atoms with Gasteiger partial charge in [-0.05, 0) is 42.3 Å². The summed E-state index contributed by atoms with van der Waals surface area (Å²) in [4.78, 5) is 23.3. The number of benzene rings is 2. The minimum atomic E-state index is -0.909. The first kappa shape index (κ1) is 18.1. The molecule has 0 fully saturated rings. The Kier molecular flexibility index (Phi) is 6.43. The van der Waals surface area contributed by atoms with Crippen LogP contribution in [0.2, 0.25) is 0 Å². The van der Waals surface area contributed by atoms with Gasteiger partial charge in [-0.15, -0.1) is 0 Å². The van der Waals surface area contributed by atoms with Gasteiger partial charge in [0.2, 0.25) is 0 Å². The smallest absolute Gasteiger partial charge is 0.341 e. The average Bonchev–Trinajstić information content (AvgIpc) is 2.54. The quantitative estimate of drug-likeness (QED) is 0.761. The molecule has 2 aromatic carbocycles. The van der Waals surface area contributed by atoms with Crippen LogP contribution in [0.25, 0.3) is 0 Å². The van der Waals surface area contributed by atoms with Gasteiger partial charge in [0.1, 0.15) is 11.6 Å². The second-order valence-electron chi connectivity index (χ2n) is 4.93. The summed E-state index contributed by atoms with van der Waals surface area (Å²) >= 11 is 3.08. The summed E-state index contributed by atoms with van der Waals surface area (Å²) < 4.78 is 31.6. The molecule has 0 aliphatic carbocycles. The number of amides is 1. The van der Waals surface area contributed by atoms with Gasteiger partial charge in [0, 0.05) is 11.0 Å². The maximum absolute atomic E-state index is 13.6. The van der Waals surface area contributed by atoms with Gasteiger partial charge in [0.05, 0.1) is 5.56 Å². The monoisotopic (exact) mass is 397 g/mol. The van der Waals surface area contributed by atoms with E-state index in [4.69, 9.17) is 4.74 Å². The van der Waals surface area contributed by atoms with Crippen molar-refractivity contribution in [1.29, 1.82) is 0 Å². The highest BCUT2D eigenvalue weighted by atomic mass is 79.9. The van der Waals surface area contributed by atoms with E-state index in [1.807, 2.05) is 0 Å². The summed E-state index contributed by atoms with van der Waals surface area (Å²) in [5.74, 6) is -2.46. The van der Waals surface area contributed by atoms with Gasteiger partial charge >= 0.3 is 5.97 Å². The molecule has 24 heavy (non-hydrogen) atoms. The number of carbonyl (C=O) groups is 2. The molecule has 0 heterocycles. The number of hydrogen-bond acceptors (Lipinski definition) is 3. The second-order valence-corrected chi connectivity index (χ2v) is 5.84. The van der Waals surface area contributed by atoms with E-state index < -0.39 is 24.3 Å². The van der Waals surface area contributed by atoms with E-state index in [0.29, 0.717) is 17.4 Å². The van der Waals surface area contributed by atoms with Crippen LogP contribution in [0.4, 0.5) is 8.78 Å². The highest BCUT2D eigenvalue weighted by Gasteiger charge is 2.14. The Morgan fingerprint density at radius 1 is 1.08 bits per heavy atom. The summed E-state index contributed by atoms with van der Waals surface area (Å²) in [5, 5.41) is 2.57. The fourth-order valence-electron chi connectivity index (χ4n) is 1.91. The first-order valence-corrected chi connectivity index (χ1v) is 7.88. The van der Waals surface area contributed by atoms with Crippen LogP contribution >= 0.6 is 15.9 Å². The van der Waals surface area contributed by atoms with Crippen molar-refractivity contribution in [2.24, 2.45) is 0 Å². The third-order valence-corrected chi connectivity index (χ3v) is 3.63. The van der Waals surface area contributed by atoms with Crippen LogP contribution < -0.4 is 5.32 Å². The molecule has 0 radical (unpaired) electrons. The van der Waals surface area contributed by atoms with Gasteiger partial charge < -0.3 is 10.1 Å². The van der Waals surface area contributed by atoms with Crippen molar-refractivity contribution >= 4 is 27.8 Å². The Balaban J connectivity index is 1.74. The van der Waals surface area contributed by atoms with Crippen LogP contribution in [-0.4, -0.2) is 25.0 Å². The Morgan fingerprint density at radius 3 is 2.46 bits per heavy atom. The van der Waals surface area contributed by atoms with Crippen LogP contribution in [-0.2, 0) is 16.0 Å². The molecule has 0 aromatic heterocycles. The lowest BCUT2D eigenvalue weighted by Crippen LogP contribution is -2.30. The van der Waals surface area contributed by atoms with Crippen molar-refractivity contribution in [2.75, 3.05) is 13.2 Å². The van der Waals surface area contributed by atoms with E-state index in [0.717, 1.165) is 11.6 Å². The van der Waals surface area contributed by atoms with Crippen molar-refractivity contribution in [3.63, 3.8) is 0 Å². The maximum atomic E-state index is 13.6.